The summed E-state index contributed by atoms with van der Waals surface area (Å²) in [6.45, 7) is 3.05. The van der Waals surface area contributed by atoms with Gasteiger partial charge in [0, 0.05) is 18.4 Å². The molecule has 0 spiro atoms. The van der Waals surface area contributed by atoms with Crippen molar-refractivity contribution in [1.29, 1.82) is 0 Å². The Morgan fingerprint density at radius 3 is 2.00 bits per heavy atom. The number of nitrogens with zero attached hydrogens (tertiary/aromatic N) is 2. The zero-order valence-electron chi connectivity index (χ0n) is 19.3. The van der Waals surface area contributed by atoms with Crippen LogP contribution in [0.15, 0.2) is 77.8 Å². The van der Waals surface area contributed by atoms with Crippen LogP contribution >= 0.6 is 12.4 Å². The van der Waals surface area contributed by atoms with Crippen LogP contribution in [-0.2, 0) is 11.3 Å². The number of aliphatic imine (C=N–C) groups is 1. The third kappa shape index (κ3) is 5.66. The molecule has 0 aliphatic carbocycles. The van der Waals surface area contributed by atoms with Gasteiger partial charge < -0.3 is 14.9 Å². The van der Waals surface area contributed by atoms with Gasteiger partial charge in [0.25, 0.3) is 0 Å². The maximum atomic E-state index is 11.3. The molecule has 0 bridgehead atoms. The van der Waals surface area contributed by atoms with Crippen molar-refractivity contribution in [3.8, 4) is 11.5 Å². The molecule has 1 amide bonds. The average Bonchev–Trinajstić information content (AvgIpc) is 3.29. The number of carbonyl (C=O) groups is 1. The molecule has 7 heteroatoms. The fourth-order valence-corrected chi connectivity index (χ4v) is 5.04. The van der Waals surface area contributed by atoms with Crippen LogP contribution in [0.4, 0.5) is 4.79 Å². The Bertz CT molecular complexity index is 1140. The smallest absolute Gasteiger partial charge is 0.434 e. The highest BCUT2D eigenvalue weighted by atomic mass is 35.5. The largest absolute Gasteiger partial charge is 0.508 e. The van der Waals surface area contributed by atoms with E-state index in [2.05, 4.69) is 34.2 Å². The number of carbonyl (C=O) groups excluding carboxylic acids is 1. The summed E-state index contributed by atoms with van der Waals surface area (Å²) in [5.74, 6) is 0.775. The Kier molecular flexibility index (Phi) is 7.73. The lowest BCUT2D eigenvalue weighted by Crippen LogP contribution is -2.36. The fraction of sp³-hybridized carbons (Fsp3) is 0.286. The zero-order valence-corrected chi connectivity index (χ0v) is 20.2. The quantitative estimate of drug-likeness (QED) is 0.444. The molecule has 1 saturated heterocycles. The monoisotopic (exact) mass is 492 g/mol. The lowest BCUT2D eigenvalue weighted by Gasteiger charge is -2.33. The number of hydrogen-bond donors (Lipinski definition) is 2. The predicted molar refractivity (Wildman–Crippen MR) is 138 cm³/mol. The maximum absolute atomic E-state index is 11.3. The first-order valence-corrected chi connectivity index (χ1v) is 11.7. The van der Waals surface area contributed by atoms with E-state index in [1.807, 2.05) is 24.3 Å². The number of phenols is 2. The molecule has 2 aliphatic heterocycles. The second kappa shape index (κ2) is 10.9. The second-order valence-electron chi connectivity index (χ2n) is 9.02. The van der Waals surface area contributed by atoms with E-state index in [0.717, 1.165) is 49.3 Å². The van der Waals surface area contributed by atoms with Gasteiger partial charge in [-0.3, -0.25) is 4.90 Å². The minimum atomic E-state index is -0.458. The Hall–Kier alpha value is -3.35. The molecule has 0 atom stereocenters. The van der Waals surface area contributed by atoms with Crippen LogP contribution in [0.5, 0.6) is 11.5 Å². The van der Waals surface area contributed by atoms with Crippen LogP contribution in [0.1, 0.15) is 41.0 Å². The molecule has 1 fully saturated rings. The third-order valence-electron chi connectivity index (χ3n) is 6.85. The Morgan fingerprint density at radius 2 is 1.46 bits per heavy atom. The van der Waals surface area contributed by atoms with Gasteiger partial charge in [-0.05, 0) is 72.5 Å². The minimum absolute atomic E-state index is 0. The highest BCUT2D eigenvalue weighted by molar-refractivity contribution is 6.00. The normalized spacial score (nSPS) is 16.6. The number of benzene rings is 3. The van der Waals surface area contributed by atoms with Gasteiger partial charge in [0.15, 0.2) is 0 Å². The molecular formula is C28H29ClN2O4. The summed E-state index contributed by atoms with van der Waals surface area (Å²) in [6, 6.07) is 23.2. The van der Waals surface area contributed by atoms with E-state index in [0.29, 0.717) is 12.5 Å². The van der Waals surface area contributed by atoms with Gasteiger partial charge in [-0.1, -0.05) is 48.5 Å². The number of cyclic esters (lactones) is 1. The van der Waals surface area contributed by atoms with Gasteiger partial charge in [0.1, 0.15) is 18.1 Å². The van der Waals surface area contributed by atoms with E-state index in [-0.39, 0.29) is 29.8 Å². The number of halogens is 1. The van der Waals surface area contributed by atoms with E-state index in [1.165, 1.54) is 11.1 Å². The van der Waals surface area contributed by atoms with Crippen molar-refractivity contribution in [2.45, 2.75) is 25.3 Å². The molecular weight excluding hydrogens is 464 g/mol. The van der Waals surface area contributed by atoms with Crippen LogP contribution in [0.2, 0.25) is 0 Å². The molecule has 182 valence electrons. The van der Waals surface area contributed by atoms with Gasteiger partial charge in [-0.25, -0.2) is 4.79 Å². The third-order valence-corrected chi connectivity index (χ3v) is 6.85. The van der Waals surface area contributed by atoms with Crippen molar-refractivity contribution in [2.75, 3.05) is 19.7 Å². The highest BCUT2D eigenvalue weighted by Crippen LogP contribution is 2.36. The van der Waals surface area contributed by atoms with Crippen molar-refractivity contribution < 1.29 is 19.7 Å². The van der Waals surface area contributed by atoms with E-state index in [1.54, 1.807) is 24.3 Å². The number of likely N-dealkylation sites (tertiary alicyclic amines) is 1. The highest BCUT2D eigenvalue weighted by Gasteiger charge is 2.28. The molecule has 35 heavy (non-hydrogen) atoms. The predicted octanol–water partition coefficient (Wildman–Crippen LogP) is 5.50. The number of piperidine rings is 1. The summed E-state index contributed by atoms with van der Waals surface area (Å²) in [6.07, 6.45) is 1.48. The van der Waals surface area contributed by atoms with Crippen LogP contribution in [0.25, 0.3) is 0 Å². The Labute approximate surface area is 211 Å². The van der Waals surface area contributed by atoms with Gasteiger partial charge in [0.05, 0.1) is 5.71 Å². The van der Waals surface area contributed by atoms with E-state index >= 15 is 0 Å². The van der Waals surface area contributed by atoms with Crippen molar-refractivity contribution in [3.05, 3.63) is 95.1 Å². The molecule has 0 aromatic heterocycles. The molecule has 2 heterocycles. The van der Waals surface area contributed by atoms with Gasteiger partial charge in [-0.15, -0.1) is 12.4 Å². The molecule has 3 aromatic carbocycles. The van der Waals surface area contributed by atoms with Crippen LogP contribution < -0.4 is 0 Å². The number of rotatable bonds is 6. The molecule has 0 radical (unpaired) electrons. The Morgan fingerprint density at radius 1 is 0.886 bits per heavy atom. The van der Waals surface area contributed by atoms with Crippen LogP contribution in [0, 0.1) is 5.92 Å². The maximum Gasteiger partial charge on any atom is 0.434 e. The van der Waals surface area contributed by atoms with Gasteiger partial charge >= 0.3 is 6.09 Å². The summed E-state index contributed by atoms with van der Waals surface area (Å²) < 4.78 is 4.99. The lowest BCUT2D eigenvalue weighted by atomic mass is 9.82. The first kappa shape index (κ1) is 24.8. The second-order valence-corrected chi connectivity index (χ2v) is 9.02. The molecule has 2 aliphatic rings. The molecule has 0 saturated carbocycles. The zero-order chi connectivity index (χ0) is 23.5. The number of phenolic OH excluding ortho intramolecular Hbond substituents is 2. The van der Waals surface area contributed by atoms with Crippen molar-refractivity contribution in [2.24, 2.45) is 10.9 Å². The summed E-state index contributed by atoms with van der Waals surface area (Å²) in [4.78, 5) is 17.8. The standard InChI is InChI=1S/C28H28N2O4.ClH/c31-23-9-5-20(6-10-23)27(21-7-11-24(32)12-8-21)25-4-2-1-3-22(25)17-30-15-13-19(14-16-30)26-18-34-28(33)29-26;/h1-12,19,27,31-32H,13-18H2;1H. The molecule has 0 unspecified atom stereocenters. The van der Waals surface area contributed by atoms with Gasteiger partial charge in [0.2, 0.25) is 0 Å². The van der Waals surface area contributed by atoms with Crippen molar-refractivity contribution in [1.82, 2.24) is 4.90 Å². The number of ether oxygens (including phenoxy) is 1. The molecule has 3 aromatic rings. The SMILES string of the molecule is Cl.O=C1N=C(C2CCN(Cc3ccccc3C(c3ccc(O)cc3)c3ccc(O)cc3)CC2)CO1. The van der Waals surface area contributed by atoms with E-state index < -0.39 is 6.09 Å². The van der Waals surface area contributed by atoms with Gasteiger partial charge in [-0.2, -0.15) is 4.99 Å². The number of hydrogen-bond acceptors (Lipinski definition) is 5. The van der Waals surface area contributed by atoms with Crippen LogP contribution in [-0.4, -0.2) is 46.6 Å². The topological polar surface area (TPSA) is 82.4 Å². The number of aromatic hydroxyl groups is 2. The lowest BCUT2D eigenvalue weighted by molar-refractivity contribution is 0.178. The minimum Gasteiger partial charge on any atom is -0.508 e. The number of amides is 1. The van der Waals surface area contributed by atoms with E-state index in [9.17, 15) is 15.0 Å². The summed E-state index contributed by atoms with van der Waals surface area (Å²) in [7, 11) is 0. The average molecular weight is 493 g/mol. The van der Waals surface area contributed by atoms with E-state index in [4.69, 9.17) is 4.74 Å². The Balaban J connectivity index is 0.00000289. The van der Waals surface area contributed by atoms with Crippen molar-refractivity contribution >= 4 is 24.2 Å². The summed E-state index contributed by atoms with van der Waals surface area (Å²) in [5.41, 5.74) is 5.52. The first-order chi connectivity index (χ1) is 16.6. The molecule has 6 nitrogen and oxygen atoms in total. The summed E-state index contributed by atoms with van der Waals surface area (Å²) in [5, 5.41) is 19.7. The molecule has 2 N–H and O–H groups in total. The van der Waals surface area contributed by atoms with Crippen molar-refractivity contribution in [3.63, 3.8) is 0 Å². The molecule has 5 rings (SSSR count). The fourth-order valence-electron chi connectivity index (χ4n) is 5.04. The summed E-state index contributed by atoms with van der Waals surface area (Å²) >= 11 is 0. The van der Waals surface area contributed by atoms with Crippen LogP contribution in [0.3, 0.4) is 0 Å². The first-order valence-electron chi connectivity index (χ1n) is 11.7.